The summed E-state index contributed by atoms with van der Waals surface area (Å²) in [6.07, 6.45) is 0.639. The lowest BCUT2D eigenvalue weighted by Crippen LogP contribution is -2.45. The van der Waals surface area contributed by atoms with Gasteiger partial charge in [-0.2, -0.15) is 0 Å². The van der Waals surface area contributed by atoms with Gasteiger partial charge in [0.05, 0.1) is 33.1 Å². The van der Waals surface area contributed by atoms with Crippen LogP contribution < -0.4 is 14.9 Å². The average Bonchev–Trinajstić information content (AvgIpc) is 2.88. The minimum absolute atomic E-state index is 0.0351. The van der Waals surface area contributed by atoms with Gasteiger partial charge in [0.25, 0.3) is 0 Å². The van der Waals surface area contributed by atoms with E-state index in [0.717, 1.165) is 12.0 Å². The molecule has 0 radical (unpaired) electrons. The molecule has 2 heterocycles. The highest BCUT2D eigenvalue weighted by Crippen LogP contribution is 2.38. The SMILES string of the molecule is C=C(C)COc1ccc(C(CC(=O)OC)c2oc(CN3CCN(C=O)CC3)cc(=O)c2O)cc1OC. The van der Waals surface area contributed by atoms with E-state index in [1.165, 1.54) is 20.3 Å². The largest absolute Gasteiger partial charge is 0.502 e. The van der Waals surface area contributed by atoms with E-state index in [2.05, 4.69) is 6.58 Å². The van der Waals surface area contributed by atoms with Crippen LogP contribution in [0.5, 0.6) is 17.2 Å². The van der Waals surface area contributed by atoms with Gasteiger partial charge in [-0.15, -0.1) is 0 Å². The molecule has 1 aromatic heterocycles. The quantitative estimate of drug-likeness (QED) is 0.282. The lowest BCUT2D eigenvalue weighted by Gasteiger charge is -2.32. The van der Waals surface area contributed by atoms with E-state index in [-0.39, 0.29) is 12.2 Å². The standard InChI is InChI=1S/C26H32N2O8/c1-17(2)15-35-22-6-5-18(11-23(22)33-3)20(13-24(31)34-4)26-25(32)21(30)12-19(36-26)14-27-7-9-28(16-29)10-8-27/h5-6,11-12,16,20,32H,1,7-10,13-15H2,2-4H3. The molecule has 1 unspecified atom stereocenters. The number of nitrogens with zero attached hydrogens (tertiary/aromatic N) is 2. The van der Waals surface area contributed by atoms with Crippen LogP contribution in [-0.2, 0) is 20.9 Å². The van der Waals surface area contributed by atoms with Crippen LogP contribution in [0.3, 0.4) is 0 Å². The smallest absolute Gasteiger partial charge is 0.306 e. The van der Waals surface area contributed by atoms with Crippen molar-refractivity contribution in [2.45, 2.75) is 25.8 Å². The van der Waals surface area contributed by atoms with Crippen molar-refractivity contribution in [1.29, 1.82) is 0 Å². The summed E-state index contributed by atoms with van der Waals surface area (Å²) in [5.41, 5.74) is 0.789. The molecule has 1 saturated heterocycles. The lowest BCUT2D eigenvalue weighted by atomic mass is 9.91. The van der Waals surface area contributed by atoms with Crippen molar-refractivity contribution in [2.24, 2.45) is 0 Å². The van der Waals surface area contributed by atoms with Gasteiger partial charge in [-0.25, -0.2) is 0 Å². The highest BCUT2D eigenvalue weighted by molar-refractivity contribution is 5.71. The molecule has 1 fully saturated rings. The molecule has 1 N–H and O–H groups in total. The Morgan fingerprint density at radius 2 is 1.92 bits per heavy atom. The number of hydrogen-bond donors (Lipinski definition) is 1. The van der Waals surface area contributed by atoms with E-state index in [4.69, 9.17) is 18.6 Å². The van der Waals surface area contributed by atoms with Crippen LogP contribution in [0, 0.1) is 0 Å². The Balaban J connectivity index is 1.97. The molecular formula is C26H32N2O8. The highest BCUT2D eigenvalue weighted by Gasteiger charge is 2.28. The molecule has 194 valence electrons. The normalized spacial score (nSPS) is 14.7. The van der Waals surface area contributed by atoms with Gasteiger partial charge in [0.2, 0.25) is 17.6 Å². The van der Waals surface area contributed by atoms with Crippen LogP contribution in [-0.4, -0.2) is 74.3 Å². The molecule has 1 aliphatic heterocycles. The third-order valence-corrected chi connectivity index (χ3v) is 5.91. The van der Waals surface area contributed by atoms with Crippen LogP contribution in [0.15, 0.2) is 45.6 Å². The summed E-state index contributed by atoms with van der Waals surface area (Å²) in [5.74, 6) is -0.729. The number of aromatic hydroxyl groups is 1. The van der Waals surface area contributed by atoms with Crippen molar-refractivity contribution in [3.63, 3.8) is 0 Å². The van der Waals surface area contributed by atoms with Crippen LogP contribution in [0.1, 0.15) is 36.3 Å². The number of piperazine rings is 1. The Bertz CT molecular complexity index is 1150. The molecule has 1 atom stereocenters. The van der Waals surface area contributed by atoms with Crippen molar-refractivity contribution in [1.82, 2.24) is 9.80 Å². The molecule has 2 aromatic rings. The first-order chi connectivity index (χ1) is 17.2. The summed E-state index contributed by atoms with van der Waals surface area (Å²) < 4.78 is 22.1. The molecule has 0 spiro atoms. The molecule has 3 rings (SSSR count). The molecule has 1 amide bonds. The Morgan fingerprint density at radius 3 is 2.53 bits per heavy atom. The molecule has 10 heteroatoms. The Labute approximate surface area is 209 Å². The predicted molar refractivity (Wildman–Crippen MR) is 131 cm³/mol. The van der Waals surface area contributed by atoms with E-state index < -0.39 is 23.1 Å². The van der Waals surface area contributed by atoms with Gasteiger partial charge < -0.3 is 28.6 Å². The molecular weight excluding hydrogens is 468 g/mol. The summed E-state index contributed by atoms with van der Waals surface area (Å²) in [5, 5.41) is 10.7. The number of benzene rings is 1. The van der Waals surface area contributed by atoms with Crippen molar-refractivity contribution in [2.75, 3.05) is 47.0 Å². The van der Waals surface area contributed by atoms with Crippen molar-refractivity contribution < 1.29 is 33.3 Å². The fourth-order valence-corrected chi connectivity index (χ4v) is 3.95. The minimum atomic E-state index is -0.818. The van der Waals surface area contributed by atoms with Crippen LogP contribution >= 0.6 is 0 Å². The first kappa shape index (κ1) is 26.8. The fourth-order valence-electron chi connectivity index (χ4n) is 3.95. The molecule has 10 nitrogen and oxygen atoms in total. The number of methoxy groups -OCH3 is 2. The molecule has 0 saturated carbocycles. The van der Waals surface area contributed by atoms with Crippen LogP contribution in [0.4, 0.5) is 0 Å². The highest BCUT2D eigenvalue weighted by atomic mass is 16.5. The third kappa shape index (κ3) is 6.66. The van der Waals surface area contributed by atoms with E-state index in [9.17, 15) is 19.5 Å². The second-order valence-corrected chi connectivity index (χ2v) is 8.70. The van der Waals surface area contributed by atoms with Crippen molar-refractivity contribution in [3.8, 4) is 17.2 Å². The van der Waals surface area contributed by atoms with Crippen LogP contribution in [0.2, 0.25) is 0 Å². The molecule has 0 aliphatic carbocycles. The Morgan fingerprint density at radius 1 is 1.19 bits per heavy atom. The molecule has 36 heavy (non-hydrogen) atoms. The van der Waals surface area contributed by atoms with E-state index >= 15 is 0 Å². The Hall–Kier alpha value is -3.79. The summed E-state index contributed by atoms with van der Waals surface area (Å²) in [7, 11) is 2.75. The first-order valence-corrected chi connectivity index (χ1v) is 11.5. The maximum atomic E-state index is 12.7. The summed E-state index contributed by atoms with van der Waals surface area (Å²) >= 11 is 0. The Kier molecular flexibility index (Phi) is 9.13. The van der Waals surface area contributed by atoms with Gasteiger partial charge in [-0.1, -0.05) is 12.6 Å². The van der Waals surface area contributed by atoms with E-state index in [1.807, 2.05) is 11.8 Å². The van der Waals surface area contributed by atoms with Gasteiger partial charge in [-0.3, -0.25) is 19.3 Å². The third-order valence-electron chi connectivity index (χ3n) is 5.91. The summed E-state index contributed by atoms with van der Waals surface area (Å²) in [6.45, 7) is 8.67. The zero-order valence-electron chi connectivity index (χ0n) is 20.8. The van der Waals surface area contributed by atoms with E-state index in [1.54, 1.807) is 23.1 Å². The molecule has 0 bridgehead atoms. The zero-order valence-corrected chi connectivity index (χ0v) is 20.8. The minimum Gasteiger partial charge on any atom is -0.502 e. The van der Waals surface area contributed by atoms with Gasteiger partial charge >= 0.3 is 5.97 Å². The average molecular weight is 501 g/mol. The van der Waals surface area contributed by atoms with Crippen molar-refractivity contribution in [3.05, 3.63) is 63.7 Å². The maximum Gasteiger partial charge on any atom is 0.306 e. The van der Waals surface area contributed by atoms with Crippen LogP contribution in [0.25, 0.3) is 0 Å². The first-order valence-electron chi connectivity index (χ1n) is 11.5. The van der Waals surface area contributed by atoms with Crippen molar-refractivity contribution >= 4 is 12.4 Å². The zero-order chi connectivity index (χ0) is 26.2. The predicted octanol–water partition coefficient (Wildman–Crippen LogP) is 2.28. The summed E-state index contributed by atoms with van der Waals surface area (Å²) in [6, 6.07) is 6.32. The van der Waals surface area contributed by atoms with Gasteiger partial charge in [0.15, 0.2) is 17.3 Å². The lowest BCUT2D eigenvalue weighted by molar-refractivity contribution is -0.141. The van der Waals surface area contributed by atoms with E-state index in [0.29, 0.717) is 62.2 Å². The number of amides is 1. The maximum absolute atomic E-state index is 12.7. The van der Waals surface area contributed by atoms with Gasteiger partial charge in [0.1, 0.15) is 12.4 Å². The molecule has 1 aromatic carbocycles. The molecule has 1 aliphatic rings. The van der Waals surface area contributed by atoms with Gasteiger partial charge in [0, 0.05) is 32.2 Å². The topological polar surface area (TPSA) is 119 Å². The number of esters is 1. The summed E-state index contributed by atoms with van der Waals surface area (Å²) in [4.78, 5) is 39.7. The van der Waals surface area contributed by atoms with Gasteiger partial charge in [-0.05, 0) is 30.2 Å². The number of carbonyl (C=O) groups excluding carboxylic acids is 2. The number of ether oxygens (including phenoxy) is 3. The fraction of sp³-hybridized carbons (Fsp3) is 0.423. The second-order valence-electron chi connectivity index (χ2n) is 8.70. The second kappa shape index (κ2) is 12.3. The number of hydrogen-bond acceptors (Lipinski definition) is 9. The monoisotopic (exact) mass is 500 g/mol. The number of rotatable bonds is 11. The number of carbonyl (C=O) groups is 2.